The quantitative estimate of drug-likeness (QED) is 0.411. The van der Waals surface area contributed by atoms with Crippen LogP contribution in [0.1, 0.15) is 30.4 Å². The minimum absolute atomic E-state index is 0.280. The van der Waals surface area contributed by atoms with Crippen LogP contribution in [0.2, 0.25) is 0 Å². The third-order valence-corrected chi connectivity index (χ3v) is 9.38. The van der Waals surface area contributed by atoms with Gasteiger partial charge in [0.2, 0.25) is 0 Å². The standard InChI is InChI=1S/C21H20Br3N5O4/c1-20(2)32-13-14(33-20)19(31-15(13)21(23,24)8-22)29-10-27-12-16(25-9-26-17(12)29)28-18(30)11-6-4-3-5-7-11/h3-7,9-10,13-15,19H,8H2,1-2H3,(H,25,26,28,30)/t13-,14+,15-,19+/m0/s1. The van der Waals surface area contributed by atoms with Crippen molar-refractivity contribution < 1.29 is 19.0 Å². The first-order valence-corrected chi connectivity index (χ1v) is 12.9. The molecule has 2 aliphatic rings. The highest BCUT2D eigenvalue weighted by Gasteiger charge is 2.60. The molecule has 2 aliphatic heterocycles. The molecule has 2 fully saturated rings. The third-order valence-electron chi connectivity index (χ3n) is 5.52. The van der Waals surface area contributed by atoms with Gasteiger partial charge in [0.25, 0.3) is 5.91 Å². The number of rotatable bonds is 5. The lowest BCUT2D eigenvalue weighted by atomic mass is 10.1. The number of fused-ring (bicyclic) bond motifs is 2. The monoisotopic (exact) mass is 643 g/mol. The Morgan fingerprint density at radius 3 is 2.61 bits per heavy atom. The number of nitrogens with one attached hydrogen (secondary N) is 1. The molecule has 2 aromatic heterocycles. The van der Waals surface area contributed by atoms with Gasteiger partial charge < -0.3 is 19.5 Å². The summed E-state index contributed by atoms with van der Waals surface area (Å²) in [5.41, 5.74) is 1.49. The Morgan fingerprint density at radius 1 is 1.15 bits per heavy atom. The smallest absolute Gasteiger partial charge is 0.256 e. The second-order valence-corrected chi connectivity index (χ2v) is 12.7. The summed E-state index contributed by atoms with van der Waals surface area (Å²) in [5, 5.41) is 3.40. The van der Waals surface area contributed by atoms with Crippen LogP contribution in [-0.4, -0.2) is 58.1 Å². The number of alkyl halides is 3. The van der Waals surface area contributed by atoms with Crippen LogP contribution >= 0.6 is 47.8 Å². The number of carbonyl (C=O) groups excluding carboxylic acids is 1. The lowest BCUT2D eigenvalue weighted by Gasteiger charge is -2.30. The molecule has 2 saturated heterocycles. The van der Waals surface area contributed by atoms with Crippen molar-refractivity contribution in [2.24, 2.45) is 0 Å². The second kappa shape index (κ2) is 8.65. The van der Waals surface area contributed by atoms with Crippen LogP contribution in [0, 0.1) is 0 Å². The highest BCUT2D eigenvalue weighted by molar-refractivity contribution is 9.26. The number of nitrogens with zero attached hydrogens (tertiary/aromatic N) is 4. The zero-order valence-electron chi connectivity index (χ0n) is 17.6. The molecule has 9 nitrogen and oxygen atoms in total. The van der Waals surface area contributed by atoms with Gasteiger partial charge in [-0.25, -0.2) is 15.0 Å². The zero-order chi connectivity index (χ0) is 23.4. The van der Waals surface area contributed by atoms with Gasteiger partial charge in [0.1, 0.15) is 27.9 Å². The Hall–Kier alpha value is -1.44. The van der Waals surface area contributed by atoms with Crippen molar-refractivity contribution >= 4 is 70.7 Å². The van der Waals surface area contributed by atoms with E-state index in [9.17, 15) is 4.79 Å². The van der Waals surface area contributed by atoms with E-state index in [0.717, 1.165) is 0 Å². The highest BCUT2D eigenvalue weighted by atomic mass is 79.9. The topological polar surface area (TPSA) is 100 Å². The normalized spacial score (nSPS) is 26.5. The fourth-order valence-electron chi connectivity index (χ4n) is 4.12. The average Bonchev–Trinajstić information content (AvgIpc) is 3.45. The molecule has 0 spiro atoms. The van der Waals surface area contributed by atoms with E-state index < -0.39 is 21.4 Å². The predicted molar refractivity (Wildman–Crippen MR) is 132 cm³/mol. The summed E-state index contributed by atoms with van der Waals surface area (Å²) in [7, 11) is 0. The molecule has 3 aromatic rings. The van der Waals surface area contributed by atoms with Crippen LogP contribution < -0.4 is 5.32 Å². The predicted octanol–water partition coefficient (Wildman–Crippen LogP) is 4.38. The maximum Gasteiger partial charge on any atom is 0.256 e. The number of anilines is 1. The van der Waals surface area contributed by atoms with Gasteiger partial charge in [-0.05, 0) is 26.0 Å². The average molecular weight is 646 g/mol. The van der Waals surface area contributed by atoms with Gasteiger partial charge in [0, 0.05) is 10.9 Å². The van der Waals surface area contributed by atoms with Gasteiger partial charge >= 0.3 is 0 Å². The molecule has 1 amide bonds. The van der Waals surface area contributed by atoms with Crippen molar-refractivity contribution in [3.05, 3.63) is 48.5 Å². The molecule has 0 saturated carbocycles. The summed E-state index contributed by atoms with van der Waals surface area (Å²) in [6.45, 7) is 3.76. The molecular formula is C21H20Br3N5O4. The summed E-state index contributed by atoms with van der Waals surface area (Å²) < 4.78 is 20.0. The second-order valence-electron chi connectivity index (χ2n) is 8.27. The van der Waals surface area contributed by atoms with Crippen molar-refractivity contribution in [1.29, 1.82) is 0 Å². The van der Waals surface area contributed by atoms with E-state index in [1.54, 1.807) is 35.2 Å². The molecule has 4 heterocycles. The molecule has 1 aromatic carbocycles. The van der Waals surface area contributed by atoms with Crippen molar-refractivity contribution in [2.45, 2.75) is 47.4 Å². The van der Waals surface area contributed by atoms with E-state index in [1.807, 2.05) is 19.9 Å². The Morgan fingerprint density at radius 2 is 1.88 bits per heavy atom. The number of benzene rings is 1. The van der Waals surface area contributed by atoms with Gasteiger partial charge in [-0.1, -0.05) is 66.0 Å². The summed E-state index contributed by atoms with van der Waals surface area (Å²) in [6, 6.07) is 8.91. The van der Waals surface area contributed by atoms with E-state index >= 15 is 0 Å². The number of halogens is 3. The van der Waals surface area contributed by atoms with Gasteiger partial charge in [0.05, 0.1) is 6.33 Å². The largest absolute Gasteiger partial charge is 0.347 e. The minimum atomic E-state index is -0.766. The summed E-state index contributed by atoms with van der Waals surface area (Å²) in [5.74, 6) is -0.728. The first kappa shape index (κ1) is 23.3. The van der Waals surface area contributed by atoms with Crippen molar-refractivity contribution in [1.82, 2.24) is 19.5 Å². The lowest BCUT2D eigenvalue weighted by molar-refractivity contribution is -0.196. The molecule has 0 radical (unpaired) electrons. The molecule has 5 rings (SSSR count). The summed E-state index contributed by atoms with van der Waals surface area (Å²) in [6.07, 6.45) is 1.36. The molecule has 0 bridgehead atoms. The molecule has 4 atom stereocenters. The van der Waals surface area contributed by atoms with Crippen LogP contribution in [0.4, 0.5) is 5.82 Å². The van der Waals surface area contributed by atoms with Crippen LogP contribution in [-0.2, 0) is 14.2 Å². The fraction of sp³-hybridized carbons (Fsp3) is 0.429. The number of amides is 1. The Bertz CT molecular complexity index is 1190. The van der Waals surface area contributed by atoms with E-state index in [0.29, 0.717) is 27.9 Å². The lowest BCUT2D eigenvalue weighted by Crippen LogP contribution is -2.42. The van der Waals surface area contributed by atoms with Crippen molar-refractivity contribution in [3.63, 3.8) is 0 Å². The van der Waals surface area contributed by atoms with E-state index in [-0.39, 0.29) is 18.1 Å². The molecular weight excluding hydrogens is 626 g/mol. The molecule has 33 heavy (non-hydrogen) atoms. The molecule has 1 N–H and O–H groups in total. The van der Waals surface area contributed by atoms with Gasteiger partial charge in [0.15, 0.2) is 29.0 Å². The number of carbonyl (C=O) groups is 1. The summed E-state index contributed by atoms with van der Waals surface area (Å²) in [4.78, 5) is 25.8. The molecule has 0 unspecified atom stereocenters. The maximum absolute atomic E-state index is 12.6. The van der Waals surface area contributed by atoms with Crippen molar-refractivity contribution in [2.75, 3.05) is 10.6 Å². The van der Waals surface area contributed by atoms with Crippen LogP contribution in [0.5, 0.6) is 0 Å². The molecule has 174 valence electrons. The third kappa shape index (κ3) is 4.25. The number of ether oxygens (including phenoxy) is 3. The Labute approximate surface area is 215 Å². The minimum Gasteiger partial charge on any atom is -0.347 e. The fourth-order valence-corrected chi connectivity index (χ4v) is 5.17. The zero-order valence-corrected chi connectivity index (χ0v) is 22.4. The first-order chi connectivity index (χ1) is 15.7. The van der Waals surface area contributed by atoms with Crippen LogP contribution in [0.3, 0.4) is 0 Å². The number of hydrogen-bond acceptors (Lipinski definition) is 7. The maximum atomic E-state index is 12.6. The number of hydrogen-bond donors (Lipinski definition) is 1. The van der Waals surface area contributed by atoms with Gasteiger partial charge in [-0.2, -0.15) is 0 Å². The van der Waals surface area contributed by atoms with Crippen LogP contribution in [0.15, 0.2) is 43.0 Å². The van der Waals surface area contributed by atoms with Gasteiger partial charge in [-0.3, -0.25) is 9.36 Å². The number of aromatic nitrogens is 4. The van der Waals surface area contributed by atoms with Crippen molar-refractivity contribution in [3.8, 4) is 0 Å². The molecule has 0 aliphatic carbocycles. The Balaban J connectivity index is 1.49. The molecule has 12 heteroatoms. The SMILES string of the molecule is CC1(C)O[C@@H]2[C@H](O1)[C@@H](C(Br)(Br)CBr)O[C@H]2n1cnc2c(NC(=O)c3ccccc3)ncnc21. The van der Waals surface area contributed by atoms with E-state index in [1.165, 1.54) is 6.33 Å². The van der Waals surface area contributed by atoms with E-state index in [4.69, 9.17) is 14.2 Å². The number of imidazole rings is 1. The summed E-state index contributed by atoms with van der Waals surface area (Å²) >= 11 is 10.9. The highest BCUT2D eigenvalue weighted by Crippen LogP contribution is 2.50. The Kier molecular flexibility index (Phi) is 6.11. The van der Waals surface area contributed by atoms with E-state index in [2.05, 4.69) is 68.1 Å². The first-order valence-electron chi connectivity index (χ1n) is 10.2. The van der Waals surface area contributed by atoms with Crippen LogP contribution in [0.25, 0.3) is 11.2 Å². The van der Waals surface area contributed by atoms with Gasteiger partial charge in [-0.15, -0.1) is 0 Å².